The number of hydrogen-bond acceptors (Lipinski definition) is 3. The molecule has 0 saturated carbocycles. The molecule has 5 nitrogen and oxygen atoms in total. The number of rotatable bonds is 3. The van der Waals surface area contributed by atoms with E-state index in [1.54, 1.807) is 24.3 Å². The van der Waals surface area contributed by atoms with Crippen LogP contribution in [0.25, 0.3) is 0 Å². The lowest BCUT2D eigenvalue weighted by molar-refractivity contribution is -0.138. The van der Waals surface area contributed by atoms with Crippen LogP contribution < -0.4 is 5.73 Å². The minimum absolute atomic E-state index is 0. The summed E-state index contributed by atoms with van der Waals surface area (Å²) in [7, 11) is 1.00. The van der Waals surface area contributed by atoms with E-state index in [2.05, 4.69) is 0 Å². The van der Waals surface area contributed by atoms with Crippen molar-refractivity contribution in [2.75, 3.05) is 7.11 Å². The second-order valence-corrected chi connectivity index (χ2v) is 3.15. The number of carboxylic acid groups (broad SMARTS) is 1. The fourth-order valence-electron chi connectivity index (χ4n) is 0.988. The van der Waals surface area contributed by atoms with Crippen LogP contribution in [0.5, 0.6) is 0 Å². The summed E-state index contributed by atoms with van der Waals surface area (Å²) >= 11 is 5.82. The van der Waals surface area contributed by atoms with E-state index < -0.39 is 12.0 Å². The molecule has 0 saturated heterocycles. The Bertz CT molecular complexity index is 319. The Balaban J connectivity index is 0. The summed E-state index contributed by atoms with van der Waals surface area (Å²) in [5.74, 6) is -1.01. The highest BCUT2D eigenvalue weighted by molar-refractivity contribution is 6.31. The number of aliphatic carboxylic acids is 1. The summed E-state index contributed by atoms with van der Waals surface area (Å²) in [4.78, 5) is 10.4. The van der Waals surface area contributed by atoms with Crippen molar-refractivity contribution in [3.8, 4) is 0 Å². The molecule has 6 N–H and O–H groups in total. The molecule has 6 heteroatoms. The fraction of sp³-hybridized carbons (Fsp3) is 0.300. The van der Waals surface area contributed by atoms with Gasteiger partial charge in [-0.3, -0.25) is 4.79 Å². The van der Waals surface area contributed by atoms with Gasteiger partial charge in [-0.1, -0.05) is 29.8 Å². The van der Waals surface area contributed by atoms with Crippen LogP contribution in [0.4, 0.5) is 0 Å². The maximum absolute atomic E-state index is 10.4. The van der Waals surface area contributed by atoms with Crippen molar-refractivity contribution in [2.45, 2.75) is 12.5 Å². The van der Waals surface area contributed by atoms with E-state index in [0.717, 1.165) is 12.7 Å². The second kappa shape index (κ2) is 9.11. The Hall–Kier alpha value is -1.14. The number of aliphatic hydroxyl groups excluding tert-OH is 1. The zero-order valence-corrected chi connectivity index (χ0v) is 9.61. The molecule has 1 unspecified atom stereocenters. The van der Waals surface area contributed by atoms with Crippen LogP contribution in [0.3, 0.4) is 0 Å². The molecule has 0 aliphatic rings. The van der Waals surface area contributed by atoms with Gasteiger partial charge in [-0.2, -0.15) is 0 Å². The van der Waals surface area contributed by atoms with E-state index in [9.17, 15) is 4.79 Å². The Morgan fingerprint density at radius 1 is 1.44 bits per heavy atom. The highest BCUT2D eigenvalue weighted by Gasteiger charge is 2.13. The van der Waals surface area contributed by atoms with E-state index >= 15 is 0 Å². The first-order valence-electron chi connectivity index (χ1n) is 4.28. The van der Waals surface area contributed by atoms with E-state index in [0.29, 0.717) is 5.02 Å². The molecule has 0 spiro atoms. The molecule has 0 fully saturated rings. The van der Waals surface area contributed by atoms with Crippen LogP contribution in [-0.4, -0.2) is 34.8 Å². The van der Waals surface area contributed by atoms with Crippen LogP contribution in [0, 0.1) is 0 Å². The lowest BCUT2D eigenvalue weighted by atomic mass is 10.1. The second-order valence-electron chi connectivity index (χ2n) is 2.74. The maximum atomic E-state index is 10.4. The summed E-state index contributed by atoms with van der Waals surface area (Å²) in [6.07, 6.45) is 0.259. The van der Waals surface area contributed by atoms with Gasteiger partial charge < -0.3 is 21.4 Å². The highest BCUT2D eigenvalue weighted by atomic mass is 35.5. The van der Waals surface area contributed by atoms with Crippen molar-refractivity contribution in [1.82, 2.24) is 0 Å². The van der Waals surface area contributed by atoms with Crippen molar-refractivity contribution in [3.63, 3.8) is 0 Å². The SMILES string of the molecule is CO.NC(Cc1ccccc1Cl)C(=O)O.O. The van der Waals surface area contributed by atoms with Gasteiger partial charge in [0.1, 0.15) is 6.04 Å². The van der Waals surface area contributed by atoms with Crippen LogP contribution in [0.2, 0.25) is 5.02 Å². The van der Waals surface area contributed by atoms with E-state index in [1.165, 1.54) is 0 Å². The third-order valence-corrected chi connectivity index (χ3v) is 2.08. The molecule has 0 aliphatic carbocycles. The Kier molecular flexibility index (Phi) is 9.83. The molecule has 1 aromatic carbocycles. The summed E-state index contributed by atoms with van der Waals surface area (Å²) in [6.45, 7) is 0. The quantitative estimate of drug-likeness (QED) is 0.703. The number of aliphatic hydroxyl groups is 1. The molecule has 92 valence electrons. The molecule has 1 aromatic rings. The zero-order chi connectivity index (χ0) is 11.8. The predicted molar refractivity (Wildman–Crippen MR) is 62.5 cm³/mol. The number of nitrogens with two attached hydrogens (primary N) is 1. The van der Waals surface area contributed by atoms with Gasteiger partial charge in [0.15, 0.2) is 0 Å². The van der Waals surface area contributed by atoms with Crippen LogP contribution in [0.15, 0.2) is 24.3 Å². The van der Waals surface area contributed by atoms with Crippen molar-refractivity contribution in [3.05, 3.63) is 34.9 Å². The zero-order valence-electron chi connectivity index (χ0n) is 8.85. The van der Waals surface area contributed by atoms with Crippen LogP contribution in [-0.2, 0) is 11.2 Å². The predicted octanol–water partition coefficient (Wildman–Crippen LogP) is 0.0782. The van der Waals surface area contributed by atoms with Crippen molar-refractivity contribution >= 4 is 17.6 Å². The molecular formula is C10H16ClNO4. The van der Waals surface area contributed by atoms with Gasteiger partial charge in [0.25, 0.3) is 0 Å². The molecule has 0 bridgehead atoms. The Labute approximate surface area is 98.8 Å². The summed E-state index contributed by atoms with van der Waals surface area (Å²) in [6, 6.07) is 6.18. The average Bonchev–Trinajstić information content (AvgIpc) is 2.24. The first kappa shape index (κ1) is 17.3. The minimum atomic E-state index is -1.01. The van der Waals surface area contributed by atoms with Gasteiger partial charge in [0.05, 0.1) is 0 Å². The van der Waals surface area contributed by atoms with Crippen molar-refractivity contribution in [2.24, 2.45) is 5.73 Å². The van der Waals surface area contributed by atoms with Gasteiger partial charge in [-0.05, 0) is 18.1 Å². The van der Waals surface area contributed by atoms with Gasteiger partial charge >= 0.3 is 5.97 Å². The molecule has 0 amide bonds. The number of halogens is 1. The summed E-state index contributed by atoms with van der Waals surface area (Å²) < 4.78 is 0. The van der Waals surface area contributed by atoms with Gasteiger partial charge in [0, 0.05) is 12.1 Å². The van der Waals surface area contributed by atoms with E-state index in [-0.39, 0.29) is 11.9 Å². The monoisotopic (exact) mass is 249 g/mol. The number of hydrogen-bond donors (Lipinski definition) is 3. The molecule has 16 heavy (non-hydrogen) atoms. The molecule has 0 heterocycles. The largest absolute Gasteiger partial charge is 0.480 e. The standard InChI is InChI=1S/C9H10ClNO2.CH4O.H2O/c10-7-4-2-1-3-6(7)5-8(11)9(12)13;1-2;/h1-4,8H,5,11H2,(H,12,13);2H,1H3;1H2. The minimum Gasteiger partial charge on any atom is -0.480 e. The molecule has 0 aliphatic heterocycles. The third-order valence-electron chi connectivity index (χ3n) is 1.71. The van der Waals surface area contributed by atoms with Crippen LogP contribution in [0.1, 0.15) is 5.56 Å². The highest BCUT2D eigenvalue weighted by Crippen LogP contribution is 2.15. The van der Waals surface area contributed by atoms with E-state index in [1.807, 2.05) is 0 Å². The summed E-state index contributed by atoms with van der Waals surface area (Å²) in [5.41, 5.74) is 6.12. The van der Waals surface area contributed by atoms with Gasteiger partial charge in [0.2, 0.25) is 0 Å². The molecule has 1 rings (SSSR count). The third kappa shape index (κ3) is 5.67. The fourth-order valence-corrected chi connectivity index (χ4v) is 1.20. The first-order valence-corrected chi connectivity index (χ1v) is 4.65. The Morgan fingerprint density at radius 2 is 1.94 bits per heavy atom. The van der Waals surface area contributed by atoms with E-state index in [4.69, 9.17) is 27.5 Å². The maximum Gasteiger partial charge on any atom is 0.320 e. The Morgan fingerprint density at radius 3 is 2.38 bits per heavy atom. The average molecular weight is 250 g/mol. The van der Waals surface area contributed by atoms with Gasteiger partial charge in [-0.25, -0.2) is 0 Å². The molecule has 0 aromatic heterocycles. The van der Waals surface area contributed by atoms with Crippen molar-refractivity contribution < 1.29 is 20.5 Å². The van der Waals surface area contributed by atoms with Gasteiger partial charge in [-0.15, -0.1) is 0 Å². The van der Waals surface area contributed by atoms with Crippen LogP contribution >= 0.6 is 11.6 Å². The number of carboxylic acids is 1. The lowest BCUT2D eigenvalue weighted by Gasteiger charge is -2.07. The topological polar surface area (TPSA) is 115 Å². The number of benzene rings is 1. The molecule has 0 radical (unpaired) electrons. The van der Waals surface area contributed by atoms with Crippen molar-refractivity contribution in [1.29, 1.82) is 0 Å². The molecule has 1 atom stereocenters. The smallest absolute Gasteiger partial charge is 0.320 e. The normalized spacial score (nSPS) is 10.5. The molecular weight excluding hydrogens is 234 g/mol. The first-order chi connectivity index (χ1) is 7.11. The summed E-state index contributed by atoms with van der Waals surface area (Å²) in [5, 5.41) is 16.1. The lowest BCUT2D eigenvalue weighted by Crippen LogP contribution is -2.32. The number of carbonyl (C=O) groups is 1.